The molecule has 1 heterocycles. The number of hydrogen-bond acceptors (Lipinski definition) is 3. The van der Waals surface area contributed by atoms with Crippen molar-refractivity contribution in [2.45, 2.75) is 19.8 Å². The summed E-state index contributed by atoms with van der Waals surface area (Å²) in [6.07, 6.45) is 0.795. The molecule has 3 N–H and O–H groups in total. The molecule has 1 atom stereocenters. The summed E-state index contributed by atoms with van der Waals surface area (Å²) in [5.74, 6) is -1.73. The van der Waals surface area contributed by atoms with E-state index in [0.717, 1.165) is 0 Å². The molecule has 0 aliphatic carbocycles. The van der Waals surface area contributed by atoms with Crippen molar-refractivity contribution in [2.24, 2.45) is 5.92 Å². The number of carboxylic acid groups (broad SMARTS) is 1. The summed E-state index contributed by atoms with van der Waals surface area (Å²) in [5.41, 5.74) is 1.08. The normalized spacial score (nSPS) is 18.2. The molecule has 1 unspecified atom stereocenters. The highest BCUT2D eigenvalue weighted by atomic mass is 16.4. The first-order valence-electron chi connectivity index (χ1n) is 6.39. The zero-order valence-electron chi connectivity index (χ0n) is 11.1. The number of carbonyl (C=O) groups excluding carboxylic acids is 2. The highest BCUT2D eigenvalue weighted by Gasteiger charge is 2.25. The second-order valence-electron chi connectivity index (χ2n) is 4.83. The van der Waals surface area contributed by atoms with Gasteiger partial charge in [-0.3, -0.25) is 9.59 Å². The molecule has 1 aromatic carbocycles. The van der Waals surface area contributed by atoms with Crippen molar-refractivity contribution >= 4 is 23.5 Å². The van der Waals surface area contributed by atoms with Crippen LogP contribution in [0.25, 0.3) is 0 Å². The van der Waals surface area contributed by atoms with Gasteiger partial charge in [-0.25, -0.2) is 4.79 Å². The molecule has 2 rings (SSSR count). The van der Waals surface area contributed by atoms with Crippen LogP contribution in [0.5, 0.6) is 0 Å². The summed E-state index contributed by atoms with van der Waals surface area (Å²) in [7, 11) is 0. The number of carboxylic acids is 1. The minimum absolute atomic E-state index is 0.0591. The summed E-state index contributed by atoms with van der Waals surface area (Å²) in [6.45, 7) is 2.03. The first kappa shape index (κ1) is 14.0. The molecule has 6 heteroatoms. The second-order valence-corrected chi connectivity index (χ2v) is 4.83. The first-order chi connectivity index (χ1) is 9.49. The van der Waals surface area contributed by atoms with Gasteiger partial charge in [-0.05, 0) is 25.0 Å². The summed E-state index contributed by atoms with van der Waals surface area (Å²) < 4.78 is 0. The van der Waals surface area contributed by atoms with Crippen molar-refractivity contribution in [3.8, 4) is 0 Å². The minimum atomic E-state index is -1.08. The van der Waals surface area contributed by atoms with E-state index in [2.05, 4.69) is 10.6 Å². The quantitative estimate of drug-likeness (QED) is 0.772. The van der Waals surface area contributed by atoms with Crippen LogP contribution in [0.15, 0.2) is 18.2 Å². The van der Waals surface area contributed by atoms with Gasteiger partial charge in [0.25, 0.3) is 0 Å². The lowest BCUT2D eigenvalue weighted by atomic mass is 9.97. The molecule has 1 aliphatic heterocycles. The van der Waals surface area contributed by atoms with Gasteiger partial charge in [-0.1, -0.05) is 12.1 Å². The predicted molar refractivity (Wildman–Crippen MR) is 72.5 cm³/mol. The number of benzene rings is 1. The van der Waals surface area contributed by atoms with Crippen molar-refractivity contribution in [3.05, 3.63) is 29.3 Å². The van der Waals surface area contributed by atoms with E-state index in [4.69, 9.17) is 5.11 Å². The molecule has 6 nitrogen and oxygen atoms in total. The van der Waals surface area contributed by atoms with Gasteiger partial charge in [0.15, 0.2) is 0 Å². The lowest BCUT2D eigenvalue weighted by Gasteiger charge is -2.22. The van der Waals surface area contributed by atoms with Gasteiger partial charge in [0, 0.05) is 13.0 Å². The second kappa shape index (κ2) is 5.73. The van der Waals surface area contributed by atoms with Crippen molar-refractivity contribution in [3.63, 3.8) is 0 Å². The van der Waals surface area contributed by atoms with Crippen molar-refractivity contribution in [1.82, 2.24) is 5.32 Å². The van der Waals surface area contributed by atoms with Crippen molar-refractivity contribution < 1.29 is 19.5 Å². The molecule has 20 heavy (non-hydrogen) atoms. The van der Waals surface area contributed by atoms with E-state index >= 15 is 0 Å². The Labute approximate surface area is 116 Å². The topological polar surface area (TPSA) is 95.5 Å². The van der Waals surface area contributed by atoms with E-state index in [1.54, 1.807) is 19.1 Å². The van der Waals surface area contributed by atoms with E-state index in [1.807, 2.05) is 0 Å². The summed E-state index contributed by atoms with van der Waals surface area (Å²) in [4.78, 5) is 34.4. The first-order valence-corrected chi connectivity index (χ1v) is 6.39. The van der Waals surface area contributed by atoms with Gasteiger partial charge in [0.1, 0.15) is 0 Å². The molecule has 1 saturated heterocycles. The van der Waals surface area contributed by atoms with E-state index in [-0.39, 0.29) is 23.3 Å². The SMILES string of the molecule is Cc1cccc(C(=O)O)c1NC(=O)C1CCC(=O)NC1. The number of nitrogens with one attached hydrogen (secondary N) is 2. The third kappa shape index (κ3) is 2.96. The predicted octanol–water partition coefficient (Wildman–Crippen LogP) is 1.16. The number of amides is 2. The molecule has 1 fully saturated rings. The summed E-state index contributed by atoms with van der Waals surface area (Å²) in [5, 5.41) is 14.4. The number of hydrogen-bond donors (Lipinski definition) is 3. The Morgan fingerprint density at radius 1 is 1.40 bits per heavy atom. The van der Waals surface area contributed by atoms with Gasteiger partial charge >= 0.3 is 5.97 Å². The fourth-order valence-corrected chi connectivity index (χ4v) is 2.19. The molecule has 1 aromatic rings. The number of piperidine rings is 1. The standard InChI is InChI=1S/C14H16N2O4/c1-8-3-2-4-10(14(19)20)12(8)16-13(18)9-5-6-11(17)15-7-9/h2-4,9H,5-7H2,1H3,(H,15,17)(H,16,18)(H,19,20). The lowest BCUT2D eigenvalue weighted by molar-refractivity contribution is -0.126. The number of carbonyl (C=O) groups is 3. The zero-order valence-corrected chi connectivity index (χ0v) is 11.1. The maximum atomic E-state index is 12.1. The number of anilines is 1. The molecule has 0 saturated carbocycles. The smallest absolute Gasteiger partial charge is 0.337 e. The van der Waals surface area contributed by atoms with Crippen LogP contribution in [-0.2, 0) is 9.59 Å². The third-order valence-corrected chi connectivity index (χ3v) is 3.39. The molecule has 0 radical (unpaired) electrons. The Balaban J connectivity index is 2.15. The lowest BCUT2D eigenvalue weighted by Crippen LogP contribution is -2.40. The summed E-state index contributed by atoms with van der Waals surface area (Å²) >= 11 is 0. The van der Waals surface area contributed by atoms with Crippen LogP contribution in [0.1, 0.15) is 28.8 Å². The van der Waals surface area contributed by atoms with Gasteiger partial charge < -0.3 is 15.7 Å². The molecular formula is C14H16N2O4. The van der Waals surface area contributed by atoms with Crippen LogP contribution in [-0.4, -0.2) is 29.4 Å². The van der Waals surface area contributed by atoms with Gasteiger partial charge in [0.2, 0.25) is 11.8 Å². The molecule has 0 bridgehead atoms. The molecule has 1 aliphatic rings. The summed E-state index contributed by atoms with van der Waals surface area (Å²) in [6, 6.07) is 4.83. The Hall–Kier alpha value is -2.37. The molecule has 106 valence electrons. The van der Waals surface area contributed by atoms with E-state index < -0.39 is 5.97 Å². The van der Waals surface area contributed by atoms with Gasteiger partial charge in [-0.15, -0.1) is 0 Å². The minimum Gasteiger partial charge on any atom is -0.478 e. The van der Waals surface area contributed by atoms with E-state index in [1.165, 1.54) is 6.07 Å². The van der Waals surface area contributed by atoms with E-state index in [0.29, 0.717) is 30.6 Å². The molecule has 0 spiro atoms. The Morgan fingerprint density at radius 2 is 2.15 bits per heavy atom. The van der Waals surface area contributed by atoms with Gasteiger partial charge in [0.05, 0.1) is 17.2 Å². The fraction of sp³-hybridized carbons (Fsp3) is 0.357. The maximum Gasteiger partial charge on any atom is 0.337 e. The number of aromatic carboxylic acids is 1. The molecular weight excluding hydrogens is 260 g/mol. The van der Waals surface area contributed by atoms with Crippen LogP contribution in [0.2, 0.25) is 0 Å². The average Bonchev–Trinajstić information content (AvgIpc) is 2.41. The fourth-order valence-electron chi connectivity index (χ4n) is 2.19. The van der Waals surface area contributed by atoms with Crippen LogP contribution in [0, 0.1) is 12.8 Å². The van der Waals surface area contributed by atoms with Crippen LogP contribution < -0.4 is 10.6 Å². The third-order valence-electron chi connectivity index (χ3n) is 3.39. The van der Waals surface area contributed by atoms with Crippen LogP contribution in [0.3, 0.4) is 0 Å². The number of rotatable bonds is 3. The average molecular weight is 276 g/mol. The molecule has 0 aromatic heterocycles. The number of para-hydroxylation sites is 1. The monoisotopic (exact) mass is 276 g/mol. The highest BCUT2D eigenvalue weighted by molar-refractivity contribution is 6.02. The van der Waals surface area contributed by atoms with Crippen LogP contribution in [0.4, 0.5) is 5.69 Å². The Bertz CT molecular complexity index is 558. The largest absolute Gasteiger partial charge is 0.478 e. The zero-order chi connectivity index (χ0) is 14.7. The van der Waals surface area contributed by atoms with Crippen molar-refractivity contribution in [1.29, 1.82) is 0 Å². The Kier molecular flexibility index (Phi) is 4.02. The maximum absolute atomic E-state index is 12.1. The van der Waals surface area contributed by atoms with Crippen LogP contribution >= 0.6 is 0 Å². The van der Waals surface area contributed by atoms with Gasteiger partial charge in [-0.2, -0.15) is 0 Å². The Morgan fingerprint density at radius 3 is 2.75 bits per heavy atom. The van der Waals surface area contributed by atoms with Crippen molar-refractivity contribution in [2.75, 3.05) is 11.9 Å². The van der Waals surface area contributed by atoms with E-state index in [9.17, 15) is 14.4 Å². The molecule has 2 amide bonds. The number of aryl methyl sites for hydroxylation is 1. The highest BCUT2D eigenvalue weighted by Crippen LogP contribution is 2.22.